The van der Waals surface area contributed by atoms with E-state index in [1.165, 1.54) is 0 Å². The highest BCUT2D eigenvalue weighted by molar-refractivity contribution is 5.93. The van der Waals surface area contributed by atoms with Gasteiger partial charge in [-0.25, -0.2) is 5.53 Å². The van der Waals surface area contributed by atoms with Crippen molar-refractivity contribution >= 4 is 11.6 Å². The van der Waals surface area contributed by atoms with E-state index in [2.05, 4.69) is 10.4 Å². The number of benzene rings is 1. The van der Waals surface area contributed by atoms with E-state index in [-0.39, 0.29) is 0 Å². The van der Waals surface area contributed by atoms with E-state index in [1.807, 2.05) is 19.9 Å². The molecular weight excluding hydrogens is 194 g/mol. The van der Waals surface area contributed by atoms with Crippen molar-refractivity contribution in [2.75, 3.05) is 5.32 Å². The summed E-state index contributed by atoms with van der Waals surface area (Å²) < 4.78 is 0. The molecule has 5 heteroatoms. The Morgan fingerprint density at radius 2 is 2.13 bits per heavy atom. The van der Waals surface area contributed by atoms with Crippen molar-refractivity contribution in [2.45, 2.75) is 20.1 Å². The molecule has 1 aromatic carbocycles. The Morgan fingerprint density at radius 1 is 1.47 bits per heavy atom. The Morgan fingerprint density at radius 3 is 2.67 bits per heavy atom. The fourth-order valence-corrected chi connectivity index (χ4v) is 1.08. The van der Waals surface area contributed by atoms with Crippen molar-refractivity contribution in [1.29, 1.82) is 5.53 Å². The van der Waals surface area contributed by atoms with E-state index in [9.17, 15) is 4.79 Å². The molecule has 1 atom stereocenters. The predicted molar refractivity (Wildman–Crippen MR) is 55.7 cm³/mol. The van der Waals surface area contributed by atoms with Crippen LogP contribution in [0.2, 0.25) is 0 Å². The van der Waals surface area contributed by atoms with Crippen molar-refractivity contribution in [3.05, 3.63) is 29.3 Å². The summed E-state index contributed by atoms with van der Waals surface area (Å²) >= 11 is 0. The summed E-state index contributed by atoms with van der Waals surface area (Å²) in [5.41, 5.74) is 9.25. The second-order valence-corrected chi connectivity index (χ2v) is 3.29. The van der Waals surface area contributed by atoms with Crippen molar-refractivity contribution in [3.63, 3.8) is 0 Å². The monoisotopic (exact) mass is 207 g/mol. The number of aliphatic hydroxyl groups excluding tert-OH is 1. The van der Waals surface area contributed by atoms with Gasteiger partial charge in [0.05, 0.1) is 0 Å². The van der Waals surface area contributed by atoms with Gasteiger partial charge in [0.1, 0.15) is 0 Å². The number of nitrogens with zero attached hydrogens (tertiary/aromatic N) is 1. The van der Waals surface area contributed by atoms with Gasteiger partial charge in [-0.2, -0.15) is 5.11 Å². The molecule has 0 saturated carbocycles. The predicted octanol–water partition coefficient (Wildman–Crippen LogP) is 1.59. The third kappa shape index (κ3) is 2.85. The number of rotatable bonds is 3. The van der Waals surface area contributed by atoms with Crippen LogP contribution in [-0.2, 0) is 4.79 Å². The van der Waals surface area contributed by atoms with Crippen molar-refractivity contribution in [2.24, 2.45) is 5.11 Å². The van der Waals surface area contributed by atoms with Crippen LogP contribution in [0.15, 0.2) is 23.3 Å². The lowest BCUT2D eigenvalue weighted by Crippen LogP contribution is -2.25. The molecule has 1 aromatic rings. The standard InChI is InChI=1S/C10H13N3O2/c1-6-3-4-8(5-7(6)2)12-9(14)10(15)13-11/h3-5,10-11,15H,1-2H3,(H,12,14). The van der Waals surface area contributed by atoms with Crippen LogP contribution in [0, 0.1) is 19.4 Å². The zero-order valence-corrected chi connectivity index (χ0v) is 8.61. The maximum Gasteiger partial charge on any atom is 0.278 e. The van der Waals surface area contributed by atoms with Crippen LogP contribution < -0.4 is 5.32 Å². The molecule has 1 unspecified atom stereocenters. The van der Waals surface area contributed by atoms with Gasteiger partial charge in [-0.05, 0) is 37.1 Å². The van der Waals surface area contributed by atoms with Crippen molar-refractivity contribution < 1.29 is 9.90 Å². The fraction of sp³-hybridized carbons (Fsp3) is 0.300. The molecule has 0 aliphatic rings. The Hall–Kier alpha value is -1.75. The summed E-state index contributed by atoms with van der Waals surface area (Å²) in [5.74, 6) is -0.701. The number of carbonyl (C=O) groups is 1. The van der Waals surface area contributed by atoms with Crippen LogP contribution in [0.4, 0.5) is 5.69 Å². The molecule has 0 fully saturated rings. The quantitative estimate of drug-likeness (QED) is 0.657. The number of carbonyl (C=O) groups excluding carboxylic acids is 1. The van der Waals surface area contributed by atoms with Gasteiger partial charge < -0.3 is 10.4 Å². The lowest BCUT2D eigenvalue weighted by Gasteiger charge is -2.08. The molecule has 0 radical (unpaired) electrons. The molecule has 1 amide bonds. The molecule has 5 nitrogen and oxygen atoms in total. The molecule has 1 rings (SSSR count). The van der Waals surface area contributed by atoms with E-state index in [0.29, 0.717) is 5.69 Å². The maximum absolute atomic E-state index is 11.2. The third-order valence-electron chi connectivity index (χ3n) is 2.13. The van der Waals surface area contributed by atoms with Gasteiger partial charge >= 0.3 is 0 Å². The highest BCUT2D eigenvalue weighted by Crippen LogP contribution is 2.14. The fourth-order valence-electron chi connectivity index (χ4n) is 1.08. The molecule has 0 bridgehead atoms. The molecule has 0 aliphatic heterocycles. The zero-order valence-electron chi connectivity index (χ0n) is 8.61. The van der Waals surface area contributed by atoms with E-state index in [1.54, 1.807) is 12.1 Å². The van der Waals surface area contributed by atoms with Gasteiger partial charge in [-0.3, -0.25) is 4.79 Å². The number of amides is 1. The van der Waals surface area contributed by atoms with E-state index in [0.717, 1.165) is 11.1 Å². The molecule has 0 spiro atoms. The smallest absolute Gasteiger partial charge is 0.278 e. The number of hydrogen-bond acceptors (Lipinski definition) is 4. The topological polar surface area (TPSA) is 85.5 Å². The third-order valence-corrected chi connectivity index (χ3v) is 2.13. The molecular formula is C10H13N3O2. The maximum atomic E-state index is 11.2. The van der Waals surface area contributed by atoms with Gasteiger partial charge in [0.25, 0.3) is 5.91 Å². The summed E-state index contributed by atoms with van der Waals surface area (Å²) in [7, 11) is 0. The van der Waals surface area contributed by atoms with E-state index in [4.69, 9.17) is 10.6 Å². The number of nitrogens with one attached hydrogen (secondary N) is 2. The molecule has 0 aromatic heterocycles. The average molecular weight is 207 g/mol. The molecule has 15 heavy (non-hydrogen) atoms. The van der Waals surface area contributed by atoms with Gasteiger partial charge in [0.2, 0.25) is 6.23 Å². The van der Waals surface area contributed by atoms with Crippen LogP contribution in [0.5, 0.6) is 0 Å². The number of aryl methyl sites for hydroxylation is 2. The van der Waals surface area contributed by atoms with Crippen LogP contribution in [0.25, 0.3) is 0 Å². The summed E-state index contributed by atoms with van der Waals surface area (Å²) in [5, 5.41) is 14.1. The summed E-state index contributed by atoms with van der Waals surface area (Å²) in [6.07, 6.45) is -1.63. The number of aliphatic hydroxyl groups is 1. The Balaban J connectivity index is 2.77. The average Bonchev–Trinajstić information content (AvgIpc) is 2.22. The minimum atomic E-state index is -1.63. The first-order valence-corrected chi connectivity index (χ1v) is 4.47. The SMILES string of the molecule is Cc1ccc(NC(=O)C(O)N=N)cc1C. The minimum absolute atomic E-state index is 0.589. The highest BCUT2D eigenvalue weighted by Gasteiger charge is 2.13. The van der Waals surface area contributed by atoms with Crippen LogP contribution in [0.3, 0.4) is 0 Å². The summed E-state index contributed by atoms with van der Waals surface area (Å²) in [6, 6.07) is 5.40. The first-order chi connectivity index (χ1) is 7.04. The normalized spacial score (nSPS) is 11.9. The van der Waals surface area contributed by atoms with Gasteiger partial charge in [-0.1, -0.05) is 6.07 Å². The second-order valence-electron chi connectivity index (χ2n) is 3.29. The molecule has 0 saturated heterocycles. The lowest BCUT2D eigenvalue weighted by molar-refractivity contribution is -0.123. The Kier molecular flexibility index (Phi) is 3.51. The highest BCUT2D eigenvalue weighted by atomic mass is 16.3. The number of hydrogen-bond donors (Lipinski definition) is 3. The van der Waals surface area contributed by atoms with Crippen LogP contribution in [0.1, 0.15) is 11.1 Å². The Bertz CT molecular complexity index is 390. The van der Waals surface area contributed by atoms with Gasteiger partial charge in [0, 0.05) is 5.69 Å². The van der Waals surface area contributed by atoms with Crippen LogP contribution in [-0.4, -0.2) is 17.2 Å². The molecule has 3 N–H and O–H groups in total. The minimum Gasteiger partial charge on any atom is -0.363 e. The summed E-state index contributed by atoms with van der Waals surface area (Å²) in [4.78, 5) is 11.2. The first kappa shape index (κ1) is 11.3. The second kappa shape index (κ2) is 4.65. The zero-order chi connectivity index (χ0) is 11.4. The molecule has 0 heterocycles. The first-order valence-electron chi connectivity index (χ1n) is 4.47. The van der Waals surface area contributed by atoms with E-state index >= 15 is 0 Å². The molecule has 80 valence electrons. The Labute approximate surface area is 87.6 Å². The number of anilines is 1. The van der Waals surface area contributed by atoms with E-state index < -0.39 is 12.1 Å². The lowest BCUT2D eigenvalue weighted by atomic mass is 10.1. The largest absolute Gasteiger partial charge is 0.363 e. The van der Waals surface area contributed by atoms with Gasteiger partial charge in [0.15, 0.2) is 0 Å². The van der Waals surface area contributed by atoms with Crippen LogP contribution >= 0.6 is 0 Å². The van der Waals surface area contributed by atoms with Crippen molar-refractivity contribution in [1.82, 2.24) is 0 Å². The van der Waals surface area contributed by atoms with Gasteiger partial charge in [-0.15, -0.1) is 0 Å². The van der Waals surface area contributed by atoms with Crippen molar-refractivity contribution in [3.8, 4) is 0 Å². The summed E-state index contributed by atoms with van der Waals surface area (Å²) in [6.45, 7) is 3.89. The molecule has 0 aliphatic carbocycles.